The van der Waals surface area contributed by atoms with Gasteiger partial charge in [-0.2, -0.15) is 9.78 Å². The number of hydrogen-bond donors (Lipinski definition) is 0. The van der Waals surface area contributed by atoms with Crippen molar-refractivity contribution in [1.29, 1.82) is 0 Å². The molecule has 0 bridgehead atoms. The highest BCUT2D eigenvalue weighted by Crippen LogP contribution is 2.23. The number of aromatic nitrogens is 2. The van der Waals surface area contributed by atoms with Crippen LogP contribution in [0.25, 0.3) is 0 Å². The van der Waals surface area contributed by atoms with E-state index in [2.05, 4.69) is 21.0 Å². The second-order valence-electron chi connectivity index (χ2n) is 1.84. The average molecular weight is 229 g/mol. The summed E-state index contributed by atoms with van der Waals surface area (Å²) < 4.78 is 35.9. The summed E-state index contributed by atoms with van der Waals surface area (Å²) in [4.78, 5) is 0. The molecule has 0 amide bonds. The van der Waals surface area contributed by atoms with Gasteiger partial charge in [-0.1, -0.05) is 15.9 Å². The highest BCUT2D eigenvalue weighted by molar-refractivity contribution is 9.08. The first kappa shape index (κ1) is 8.58. The van der Waals surface area contributed by atoms with Crippen molar-refractivity contribution in [3.63, 3.8) is 0 Å². The third kappa shape index (κ3) is 1.74. The Morgan fingerprint density at radius 3 is 2.55 bits per heavy atom. The molecular weight excluding hydrogens is 225 g/mol. The van der Waals surface area contributed by atoms with Crippen molar-refractivity contribution in [2.24, 2.45) is 0 Å². The Kier molecular flexibility index (Phi) is 2.22. The van der Waals surface area contributed by atoms with Crippen LogP contribution in [0.1, 0.15) is 5.69 Å². The van der Waals surface area contributed by atoms with E-state index in [0.29, 0.717) is 0 Å². The zero-order chi connectivity index (χ0) is 8.48. The number of alkyl halides is 4. The van der Waals surface area contributed by atoms with Crippen LogP contribution in [0.4, 0.5) is 13.2 Å². The number of halogens is 4. The fourth-order valence-electron chi connectivity index (χ4n) is 0.660. The van der Waals surface area contributed by atoms with Crippen molar-refractivity contribution in [1.82, 2.24) is 9.78 Å². The molecule has 0 radical (unpaired) electrons. The molecule has 2 nitrogen and oxygen atoms in total. The van der Waals surface area contributed by atoms with E-state index in [1.165, 1.54) is 6.07 Å². The lowest BCUT2D eigenvalue weighted by molar-refractivity contribution is -0.213. The molecule has 0 spiro atoms. The molecule has 6 heteroatoms. The van der Waals surface area contributed by atoms with Crippen LogP contribution < -0.4 is 0 Å². The van der Waals surface area contributed by atoms with Crippen molar-refractivity contribution >= 4 is 15.9 Å². The third-order valence-electron chi connectivity index (χ3n) is 1.10. The summed E-state index contributed by atoms with van der Waals surface area (Å²) in [5.74, 6) is 0. The van der Waals surface area contributed by atoms with Gasteiger partial charge in [-0.3, -0.25) is 0 Å². The first-order valence-corrected chi connectivity index (χ1v) is 3.84. The molecule has 1 aromatic rings. The van der Waals surface area contributed by atoms with E-state index in [-0.39, 0.29) is 15.7 Å². The van der Waals surface area contributed by atoms with Crippen molar-refractivity contribution in [3.05, 3.63) is 18.0 Å². The topological polar surface area (TPSA) is 17.8 Å². The van der Waals surface area contributed by atoms with E-state index in [9.17, 15) is 13.2 Å². The second kappa shape index (κ2) is 2.84. The highest BCUT2D eigenvalue weighted by Gasteiger charge is 2.33. The van der Waals surface area contributed by atoms with Crippen molar-refractivity contribution in [2.45, 2.75) is 11.6 Å². The fraction of sp³-hybridized carbons (Fsp3) is 0.400. The van der Waals surface area contributed by atoms with Crippen molar-refractivity contribution in [2.75, 3.05) is 0 Å². The second-order valence-corrected chi connectivity index (χ2v) is 2.40. The van der Waals surface area contributed by atoms with Gasteiger partial charge in [0.15, 0.2) is 0 Å². The summed E-state index contributed by atoms with van der Waals surface area (Å²) >= 11 is 2.92. The SMILES string of the molecule is FC(F)(F)n1nccc1CBr. The molecule has 0 saturated carbocycles. The number of hydrogen-bond acceptors (Lipinski definition) is 1. The predicted octanol–water partition coefficient (Wildman–Crippen LogP) is 2.25. The highest BCUT2D eigenvalue weighted by atomic mass is 79.9. The number of nitrogens with zero attached hydrogens (tertiary/aromatic N) is 2. The van der Waals surface area contributed by atoms with Gasteiger partial charge in [-0.05, 0) is 6.07 Å². The normalized spacial score (nSPS) is 12.0. The van der Waals surface area contributed by atoms with E-state index in [1.54, 1.807) is 0 Å². The van der Waals surface area contributed by atoms with Crippen LogP contribution >= 0.6 is 15.9 Å². The molecule has 0 aromatic carbocycles. The van der Waals surface area contributed by atoms with Crippen LogP contribution in [-0.2, 0) is 11.6 Å². The summed E-state index contributed by atoms with van der Waals surface area (Å²) in [7, 11) is 0. The molecule has 0 aliphatic carbocycles. The minimum absolute atomic E-state index is 0.0295. The smallest absolute Gasteiger partial charge is 0.175 e. The molecule has 0 fully saturated rings. The largest absolute Gasteiger partial charge is 0.504 e. The van der Waals surface area contributed by atoms with Crippen LogP contribution in [0.2, 0.25) is 0 Å². The minimum Gasteiger partial charge on any atom is -0.175 e. The summed E-state index contributed by atoms with van der Waals surface area (Å²) in [6, 6.07) is 1.31. The van der Waals surface area contributed by atoms with Crippen LogP contribution in [0, 0.1) is 0 Å². The average Bonchev–Trinajstić information content (AvgIpc) is 2.31. The van der Waals surface area contributed by atoms with E-state index in [4.69, 9.17) is 0 Å². The maximum Gasteiger partial charge on any atom is 0.504 e. The van der Waals surface area contributed by atoms with Gasteiger partial charge in [-0.25, -0.2) is 0 Å². The van der Waals surface area contributed by atoms with E-state index in [0.717, 1.165) is 6.20 Å². The van der Waals surface area contributed by atoms with E-state index in [1.807, 2.05) is 0 Å². The maximum absolute atomic E-state index is 11.9. The Balaban J connectivity index is 3.02. The molecule has 1 heterocycles. The molecule has 0 unspecified atom stereocenters. The fourth-order valence-corrected chi connectivity index (χ4v) is 1.08. The molecule has 0 N–H and O–H groups in total. The van der Waals surface area contributed by atoms with E-state index >= 15 is 0 Å². The Labute approximate surface area is 69.1 Å². The van der Waals surface area contributed by atoms with Gasteiger partial charge < -0.3 is 0 Å². The van der Waals surface area contributed by atoms with Gasteiger partial charge in [0.05, 0.1) is 5.69 Å². The summed E-state index contributed by atoms with van der Waals surface area (Å²) in [6.07, 6.45) is -3.29. The molecule has 11 heavy (non-hydrogen) atoms. The number of rotatable bonds is 1. The van der Waals surface area contributed by atoms with E-state index < -0.39 is 6.30 Å². The van der Waals surface area contributed by atoms with Crippen LogP contribution in [0.15, 0.2) is 12.3 Å². The molecule has 62 valence electrons. The van der Waals surface area contributed by atoms with Crippen LogP contribution in [0.3, 0.4) is 0 Å². The standard InChI is InChI=1S/C5H4BrF3N2/c6-3-4-1-2-10-11(4)5(7,8)9/h1-2H,3H2. The van der Waals surface area contributed by atoms with Gasteiger partial charge >= 0.3 is 6.30 Å². The van der Waals surface area contributed by atoms with Crippen LogP contribution in [-0.4, -0.2) is 9.78 Å². The Hall–Kier alpha value is -0.520. The molecule has 1 rings (SSSR count). The Morgan fingerprint density at radius 2 is 2.18 bits per heavy atom. The van der Waals surface area contributed by atoms with Crippen LogP contribution in [0.5, 0.6) is 0 Å². The Bertz CT molecular complexity index is 242. The zero-order valence-corrected chi connectivity index (χ0v) is 6.85. The van der Waals surface area contributed by atoms with Gasteiger partial charge in [0.1, 0.15) is 0 Å². The summed E-state index contributed by atoms with van der Waals surface area (Å²) in [5, 5.41) is 3.27. The van der Waals surface area contributed by atoms with Gasteiger partial charge in [-0.15, -0.1) is 13.2 Å². The van der Waals surface area contributed by atoms with Gasteiger partial charge in [0.2, 0.25) is 0 Å². The van der Waals surface area contributed by atoms with Crippen molar-refractivity contribution < 1.29 is 13.2 Å². The zero-order valence-electron chi connectivity index (χ0n) is 5.27. The first-order valence-electron chi connectivity index (χ1n) is 2.72. The maximum atomic E-state index is 11.9. The Morgan fingerprint density at radius 1 is 1.55 bits per heavy atom. The molecule has 1 aromatic heterocycles. The quantitative estimate of drug-likeness (QED) is 0.675. The third-order valence-corrected chi connectivity index (χ3v) is 1.67. The van der Waals surface area contributed by atoms with Crippen molar-refractivity contribution in [3.8, 4) is 0 Å². The lowest BCUT2D eigenvalue weighted by atomic mass is 10.5. The molecular formula is C5H4BrF3N2. The lowest BCUT2D eigenvalue weighted by Gasteiger charge is -2.07. The molecule has 0 atom stereocenters. The monoisotopic (exact) mass is 228 g/mol. The van der Waals surface area contributed by atoms with Gasteiger partial charge in [0.25, 0.3) is 0 Å². The predicted molar refractivity (Wildman–Crippen MR) is 36.2 cm³/mol. The first-order chi connectivity index (χ1) is 5.05. The van der Waals surface area contributed by atoms with Gasteiger partial charge in [0, 0.05) is 11.5 Å². The summed E-state index contributed by atoms with van der Waals surface area (Å²) in [6.45, 7) is 0. The minimum atomic E-state index is -4.41. The lowest BCUT2D eigenvalue weighted by Crippen LogP contribution is -2.20. The molecule has 0 saturated heterocycles. The molecule has 0 aliphatic rings. The molecule has 0 aliphatic heterocycles. The summed E-state index contributed by atoms with van der Waals surface area (Å²) in [5.41, 5.74) is 0.0949.